The molecule has 0 aromatic carbocycles. The van der Waals surface area contributed by atoms with E-state index < -0.39 is 23.9 Å². The summed E-state index contributed by atoms with van der Waals surface area (Å²) in [7, 11) is 0. The van der Waals surface area contributed by atoms with Gasteiger partial charge in [0.1, 0.15) is 6.04 Å². The standard InChI is InChI=1S/C17H31NO5.Al.3H/c1-2-3-4-5-6-7-8-9-10-11-15(19)23-16(20)13-12-14(18)17(21)22;;;;/h14H,2-13,18H2,1H3,(H,21,22);;;;/t14-;;;;/m0..../s1. The zero-order valence-electron chi connectivity index (χ0n) is 14.2. The maximum absolute atomic E-state index is 11.4. The normalized spacial score (nSPS) is 11.4. The van der Waals surface area contributed by atoms with Crippen LogP contribution in [0, 0.1) is 0 Å². The highest BCUT2D eigenvalue weighted by atomic mass is 27.0. The van der Waals surface area contributed by atoms with Crippen molar-refractivity contribution >= 4 is 35.3 Å². The van der Waals surface area contributed by atoms with Crippen molar-refractivity contribution in [2.24, 2.45) is 5.73 Å². The third-order valence-corrected chi connectivity index (χ3v) is 3.69. The Labute approximate surface area is 155 Å². The Balaban J connectivity index is 0. The van der Waals surface area contributed by atoms with Gasteiger partial charge in [0, 0.05) is 12.8 Å². The Morgan fingerprint density at radius 3 is 1.83 bits per heavy atom. The van der Waals surface area contributed by atoms with Crippen LogP contribution in [-0.4, -0.2) is 46.4 Å². The fourth-order valence-corrected chi connectivity index (χ4v) is 2.21. The molecule has 0 spiro atoms. The number of rotatable bonds is 14. The van der Waals surface area contributed by atoms with Crippen LogP contribution >= 0.6 is 0 Å². The molecule has 6 nitrogen and oxygen atoms in total. The number of aliphatic carboxylic acids is 1. The molecule has 0 unspecified atom stereocenters. The number of carboxylic acid groups (broad SMARTS) is 1. The first kappa shape index (κ1) is 25.3. The molecule has 0 rings (SSSR count). The van der Waals surface area contributed by atoms with Gasteiger partial charge in [0.25, 0.3) is 0 Å². The van der Waals surface area contributed by atoms with Gasteiger partial charge in [-0.1, -0.05) is 58.3 Å². The van der Waals surface area contributed by atoms with Crippen molar-refractivity contribution in [2.75, 3.05) is 0 Å². The van der Waals surface area contributed by atoms with Gasteiger partial charge in [-0.2, -0.15) is 0 Å². The third-order valence-electron chi connectivity index (χ3n) is 3.69. The molecule has 0 aliphatic carbocycles. The van der Waals surface area contributed by atoms with Crippen molar-refractivity contribution in [1.29, 1.82) is 0 Å². The number of nitrogens with two attached hydrogens (primary N) is 1. The fourth-order valence-electron chi connectivity index (χ4n) is 2.21. The van der Waals surface area contributed by atoms with Crippen molar-refractivity contribution < 1.29 is 24.2 Å². The minimum atomic E-state index is -1.17. The van der Waals surface area contributed by atoms with Gasteiger partial charge < -0.3 is 15.6 Å². The van der Waals surface area contributed by atoms with Crippen LogP contribution in [0.3, 0.4) is 0 Å². The Morgan fingerprint density at radius 2 is 1.33 bits per heavy atom. The number of carbonyl (C=O) groups is 3. The SMILES string of the molecule is CCCCCCCCCCCC(=O)OC(=O)CC[C@H](N)C(=O)O.[AlH3]. The van der Waals surface area contributed by atoms with Crippen molar-refractivity contribution in [2.45, 2.75) is 90.0 Å². The van der Waals surface area contributed by atoms with Crippen LogP contribution in [0.2, 0.25) is 0 Å². The molecule has 0 aliphatic rings. The van der Waals surface area contributed by atoms with E-state index in [1.165, 1.54) is 38.5 Å². The first-order valence-corrected chi connectivity index (χ1v) is 8.69. The molecule has 0 aromatic rings. The largest absolute Gasteiger partial charge is 0.480 e. The van der Waals surface area contributed by atoms with Gasteiger partial charge in [-0.15, -0.1) is 0 Å². The van der Waals surface area contributed by atoms with Crippen molar-refractivity contribution in [1.82, 2.24) is 0 Å². The number of hydrogen-bond acceptors (Lipinski definition) is 5. The third kappa shape index (κ3) is 16.0. The van der Waals surface area contributed by atoms with Crippen molar-refractivity contribution in [3.8, 4) is 0 Å². The molecule has 0 heterocycles. The Morgan fingerprint density at radius 1 is 0.875 bits per heavy atom. The van der Waals surface area contributed by atoms with E-state index in [1.807, 2.05) is 0 Å². The highest BCUT2D eigenvalue weighted by Crippen LogP contribution is 2.11. The summed E-state index contributed by atoms with van der Waals surface area (Å²) >= 11 is 0. The van der Waals surface area contributed by atoms with Gasteiger partial charge in [-0.05, 0) is 12.8 Å². The second-order valence-electron chi connectivity index (χ2n) is 5.91. The summed E-state index contributed by atoms with van der Waals surface area (Å²) in [5, 5.41) is 8.58. The number of unbranched alkanes of at least 4 members (excludes halogenated alkanes) is 8. The molecule has 0 fully saturated rings. The van der Waals surface area contributed by atoms with Gasteiger partial charge in [-0.25, -0.2) is 0 Å². The molecule has 1 atom stereocenters. The smallest absolute Gasteiger partial charge is 0.320 e. The van der Waals surface area contributed by atoms with Crippen LogP contribution in [0.1, 0.15) is 84.0 Å². The topological polar surface area (TPSA) is 107 Å². The van der Waals surface area contributed by atoms with E-state index in [0.717, 1.165) is 19.3 Å². The zero-order chi connectivity index (χ0) is 17.5. The molecule has 140 valence electrons. The first-order valence-electron chi connectivity index (χ1n) is 8.69. The molecule has 0 aromatic heterocycles. The second-order valence-corrected chi connectivity index (χ2v) is 5.91. The van der Waals surface area contributed by atoms with E-state index in [4.69, 9.17) is 10.8 Å². The minimum Gasteiger partial charge on any atom is -0.480 e. The quantitative estimate of drug-likeness (QED) is 0.213. The monoisotopic (exact) mass is 359 g/mol. The molecular formula is C17H34AlNO5. The number of carbonyl (C=O) groups excluding carboxylic acids is 2. The van der Waals surface area contributed by atoms with E-state index in [-0.39, 0.29) is 36.6 Å². The average molecular weight is 359 g/mol. The molecule has 0 saturated heterocycles. The number of esters is 2. The van der Waals surface area contributed by atoms with Crippen LogP contribution < -0.4 is 5.73 Å². The van der Waals surface area contributed by atoms with Gasteiger partial charge in [0.15, 0.2) is 17.4 Å². The van der Waals surface area contributed by atoms with Crippen molar-refractivity contribution in [3.63, 3.8) is 0 Å². The minimum absolute atomic E-state index is 0. The molecule has 7 heteroatoms. The van der Waals surface area contributed by atoms with Crippen LogP contribution in [0.4, 0.5) is 0 Å². The molecule has 0 bridgehead atoms. The predicted octanol–water partition coefficient (Wildman–Crippen LogP) is 1.99. The lowest BCUT2D eigenvalue weighted by Crippen LogP contribution is -2.30. The molecule has 0 aliphatic heterocycles. The lowest BCUT2D eigenvalue weighted by molar-refractivity contribution is -0.159. The zero-order valence-corrected chi connectivity index (χ0v) is 14.2. The summed E-state index contributed by atoms with van der Waals surface area (Å²) in [5.41, 5.74) is 5.27. The van der Waals surface area contributed by atoms with Crippen LogP contribution in [0.15, 0.2) is 0 Å². The van der Waals surface area contributed by atoms with Gasteiger partial charge in [0.05, 0.1) is 0 Å². The Kier molecular flexibility index (Phi) is 17.9. The van der Waals surface area contributed by atoms with Crippen molar-refractivity contribution in [3.05, 3.63) is 0 Å². The number of ether oxygens (including phenoxy) is 1. The summed E-state index contributed by atoms with van der Waals surface area (Å²) in [5.74, 6) is -2.41. The summed E-state index contributed by atoms with van der Waals surface area (Å²) in [6.45, 7) is 2.20. The molecule has 24 heavy (non-hydrogen) atoms. The molecule has 0 saturated carbocycles. The maximum atomic E-state index is 11.4. The lowest BCUT2D eigenvalue weighted by Gasteiger charge is -2.06. The van der Waals surface area contributed by atoms with E-state index in [2.05, 4.69) is 11.7 Å². The highest BCUT2D eigenvalue weighted by Gasteiger charge is 2.16. The van der Waals surface area contributed by atoms with Crippen LogP contribution in [0.5, 0.6) is 0 Å². The number of hydrogen-bond donors (Lipinski definition) is 2. The van der Waals surface area contributed by atoms with E-state index in [9.17, 15) is 14.4 Å². The Bertz CT molecular complexity index is 363. The fraction of sp³-hybridized carbons (Fsp3) is 0.824. The molecule has 0 radical (unpaired) electrons. The molecule has 0 amide bonds. The Hall–Kier alpha value is -0.898. The van der Waals surface area contributed by atoms with Crippen LogP contribution in [-0.2, 0) is 19.1 Å². The first-order chi connectivity index (χ1) is 11.0. The predicted molar refractivity (Wildman–Crippen MR) is 97.7 cm³/mol. The molecule has 3 N–H and O–H groups in total. The van der Waals surface area contributed by atoms with E-state index in [1.54, 1.807) is 0 Å². The van der Waals surface area contributed by atoms with Crippen LogP contribution in [0.25, 0.3) is 0 Å². The van der Waals surface area contributed by atoms with E-state index in [0.29, 0.717) is 0 Å². The molecular weight excluding hydrogens is 325 g/mol. The maximum Gasteiger partial charge on any atom is 0.320 e. The summed E-state index contributed by atoms with van der Waals surface area (Å²) in [6, 6.07) is -1.10. The summed E-state index contributed by atoms with van der Waals surface area (Å²) in [4.78, 5) is 33.3. The summed E-state index contributed by atoms with van der Waals surface area (Å²) in [6.07, 6.45) is 10.4. The van der Waals surface area contributed by atoms with Gasteiger partial charge in [0.2, 0.25) is 0 Å². The average Bonchev–Trinajstić information content (AvgIpc) is 2.50. The highest BCUT2D eigenvalue weighted by molar-refractivity contribution is 5.85. The summed E-state index contributed by atoms with van der Waals surface area (Å²) < 4.78 is 4.63. The van der Waals surface area contributed by atoms with Gasteiger partial charge >= 0.3 is 17.9 Å². The van der Waals surface area contributed by atoms with Gasteiger partial charge in [-0.3, -0.25) is 14.4 Å². The number of carboxylic acids is 1. The second kappa shape index (κ2) is 16.9. The lowest BCUT2D eigenvalue weighted by atomic mass is 10.1. The van der Waals surface area contributed by atoms with E-state index >= 15 is 0 Å².